The first-order valence-electron chi connectivity index (χ1n) is 7.24. The summed E-state index contributed by atoms with van der Waals surface area (Å²) in [6.45, 7) is 3.99. The van der Waals surface area contributed by atoms with E-state index in [0.717, 1.165) is 11.4 Å². The van der Waals surface area contributed by atoms with E-state index >= 15 is 0 Å². The fraction of sp³-hybridized carbons (Fsp3) is 0.312. The number of hydrogen-bond donors (Lipinski definition) is 2. The van der Waals surface area contributed by atoms with E-state index in [-0.39, 0.29) is 24.7 Å². The summed E-state index contributed by atoms with van der Waals surface area (Å²) < 4.78 is 1.74. The minimum absolute atomic E-state index is 0.0704. The van der Waals surface area contributed by atoms with Gasteiger partial charge in [-0.25, -0.2) is 4.68 Å². The molecule has 0 saturated heterocycles. The smallest absolute Gasteiger partial charge is 0.303 e. The summed E-state index contributed by atoms with van der Waals surface area (Å²) in [7, 11) is 0. The standard InChI is InChI=1S/C16H18ClN3O3/c1-10(2)16-13(19-14(21)7-8-15(22)23)9-18-20(16)12-5-3-11(17)4-6-12/h3-6,9-10H,7-8H2,1-2H3,(H,19,21)(H,22,23). The number of carboxylic acid groups (broad SMARTS) is 1. The number of carboxylic acids is 1. The summed E-state index contributed by atoms with van der Waals surface area (Å²) in [6, 6.07) is 7.23. The molecule has 0 unspecified atom stereocenters. The van der Waals surface area contributed by atoms with Gasteiger partial charge in [-0.1, -0.05) is 25.4 Å². The van der Waals surface area contributed by atoms with Crippen molar-refractivity contribution in [1.82, 2.24) is 9.78 Å². The van der Waals surface area contributed by atoms with Gasteiger partial charge in [0.05, 0.1) is 29.7 Å². The molecular formula is C16H18ClN3O3. The van der Waals surface area contributed by atoms with Crippen LogP contribution < -0.4 is 5.32 Å². The SMILES string of the molecule is CC(C)c1c(NC(=O)CCC(=O)O)cnn1-c1ccc(Cl)cc1. The maximum absolute atomic E-state index is 11.9. The molecule has 1 aromatic carbocycles. The number of benzene rings is 1. The summed E-state index contributed by atoms with van der Waals surface area (Å²) >= 11 is 5.90. The first kappa shape index (κ1) is 17.0. The van der Waals surface area contributed by atoms with E-state index in [1.807, 2.05) is 26.0 Å². The van der Waals surface area contributed by atoms with Crippen LogP contribution in [0.5, 0.6) is 0 Å². The van der Waals surface area contributed by atoms with E-state index in [1.165, 1.54) is 0 Å². The quantitative estimate of drug-likeness (QED) is 0.846. The number of hydrogen-bond acceptors (Lipinski definition) is 3. The topological polar surface area (TPSA) is 84.2 Å². The zero-order valence-electron chi connectivity index (χ0n) is 12.9. The number of rotatable bonds is 6. The molecule has 122 valence electrons. The third-order valence-corrected chi connectivity index (χ3v) is 3.52. The van der Waals surface area contributed by atoms with E-state index in [0.29, 0.717) is 10.7 Å². The first-order chi connectivity index (χ1) is 10.9. The van der Waals surface area contributed by atoms with Gasteiger partial charge in [0, 0.05) is 11.4 Å². The molecule has 7 heteroatoms. The monoisotopic (exact) mass is 335 g/mol. The minimum atomic E-state index is -0.999. The lowest BCUT2D eigenvalue weighted by atomic mass is 10.1. The van der Waals surface area contributed by atoms with Gasteiger partial charge in [0.1, 0.15) is 0 Å². The second kappa shape index (κ2) is 7.28. The van der Waals surface area contributed by atoms with Gasteiger partial charge in [-0.05, 0) is 30.2 Å². The van der Waals surface area contributed by atoms with Crippen LogP contribution in [0.4, 0.5) is 5.69 Å². The third-order valence-electron chi connectivity index (χ3n) is 3.26. The highest BCUT2D eigenvalue weighted by molar-refractivity contribution is 6.30. The third kappa shape index (κ3) is 4.32. The van der Waals surface area contributed by atoms with Crippen molar-refractivity contribution in [2.45, 2.75) is 32.6 Å². The van der Waals surface area contributed by atoms with Gasteiger partial charge < -0.3 is 10.4 Å². The second-order valence-corrected chi connectivity index (χ2v) is 5.86. The molecule has 0 aliphatic heterocycles. The van der Waals surface area contributed by atoms with E-state index in [9.17, 15) is 9.59 Å². The molecule has 2 rings (SSSR count). The van der Waals surface area contributed by atoms with Gasteiger partial charge >= 0.3 is 5.97 Å². The molecule has 2 N–H and O–H groups in total. The number of aromatic nitrogens is 2. The lowest BCUT2D eigenvalue weighted by Crippen LogP contribution is -2.15. The maximum Gasteiger partial charge on any atom is 0.303 e. The number of amides is 1. The summed E-state index contributed by atoms with van der Waals surface area (Å²) in [5.41, 5.74) is 2.27. The summed E-state index contributed by atoms with van der Waals surface area (Å²) in [4.78, 5) is 22.4. The van der Waals surface area contributed by atoms with Gasteiger partial charge in [-0.3, -0.25) is 9.59 Å². The highest BCUT2D eigenvalue weighted by Crippen LogP contribution is 2.27. The van der Waals surface area contributed by atoms with E-state index in [4.69, 9.17) is 16.7 Å². The van der Waals surface area contributed by atoms with Crippen LogP contribution in [-0.2, 0) is 9.59 Å². The van der Waals surface area contributed by atoms with Crippen molar-refractivity contribution >= 4 is 29.2 Å². The van der Waals surface area contributed by atoms with Gasteiger partial charge in [-0.2, -0.15) is 5.10 Å². The molecule has 1 aromatic heterocycles. The maximum atomic E-state index is 11.9. The fourth-order valence-electron chi connectivity index (χ4n) is 2.23. The number of carbonyl (C=O) groups excluding carboxylic acids is 1. The lowest BCUT2D eigenvalue weighted by Gasteiger charge is -2.13. The molecular weight excluding hydrogens is 318 g/mol. The molecule has 23 heavy (non-hydrogen) atoms. The molecule has 0 spiro atoms. The van der Waals surface area contributed by atoms with E-state index in [1.54, 1.807) is 23.0 Å². The largest absolute Gasteiger partial charge is 0.481 e. The van der Waals surface area contributed by atoms with Crippen LogP contribution in [0.25, 0.3) is 5.69 Å². The van der Waals surface area contributed by atoms with Crippen LogP contribution in [0.2, 0.25) is 5.02 Å². The number of carbonyl (C=O) groups is 2. The van der Waals surface area contributed by atoms with Crippen LogP contribution >= 0.6 is 11.6 Å². The van der Waals surface area contributed by atoms with Crippen molar-refractivity contribution in [1.29, 1.82) is 0 Å². The number of aliphatic carboxylic acids is 1. The van der Waals surface area contributed by atoms with E-state index in [2.05, 4.69) is 10.4 Å². The predicted molar refractivity (Wildman–Crippen MR) is 88.2 cm³/mol. The molecule has 0 aliphatic carbocycles. The Hall–Kier alpha value is -2.34. The van der Waals surface area contributed by atoms with Gasteiger partial charge in [0.2, 0.25) is 5.91 Å². The molecule has 0 fully saturated rings. The molecule has 0 bridgehead atoms. The van der Waals surface area contributed by atoms with Crippen molar-refractivity contribution in [3.8, 4) is 5.69 Å². The molecule has 0 atom stereocenters. The van der Waals surface area contributed by atoms with Gasteiger partial charge in [-0.15, -0.1) is 0 Å². The fourth-order valence-corrected chi connectivity index (χ4v) is 2.36. The Labute approximate surface area is 139 Å². The predicted octanol–water partition coefficient (Wildman–Crippen LogP) is 3.45. The minimum Gasteiger partial charge on any atom is -0.481 e. The Bertz CT molecular complexity index is 708. The van der Waals surface area contributed by atoms with Crippen molar-refractivity contribution in [2.75, 3.05) is 5.32 Å². The number of anilines is 1. The highest BCUT2D eigenvalue weighted by atomic mass is 35.5. The molecule has 0 radical (unpaired) electrons. The average molecular weight is 336 g/mol. The average Bonchev–Trinajstić information content (AvgIpc) is 2.89. The number of nitrogens with zero attached hydrogens (tertiary/aromatic N) is 2. The van der Waals surface area contributed by atoms with Crippen LogP contribution in [0.3, 0.4) is 0 Å². The summed E-state index contributed by atoms with van der Waals surface area (Å²) in [5.74, 6) is -1.23. The van der Waals surface area contributed by atoms with Crippen LogP contribution in [0.1, 0.15) is 38.3 Å². The zero-order chi connectivity index (χ0) is 17.0. The van der Waals surface area contributed by atoms with Crippen LogP contribution in [0, 0.1) is 0 Å². The van der Waals surface area contributed by atoms with Crippen molar-refractivity contribution in [3.05, 3.63) is 41.2 Å². The summed E-state index contributed by atoms with van der Waals surface area (Å²) in [5, 5.41) is 16.3. The molecule has 2 aromatic rings. The van der Waals surface area contributed by atoms with Crippen LogP contribution in [0.15, 0.2) is 30.5 Å². The van der Waals surface area contributed by atoms with Gasteiger partial charge in [0.25, 0.3) is 0 Å². The first-order valence-corrected chi connectivity index (χ1v) is 7.61. The zero-order valence-corrected chi connectivity index (χ0v) is 13.7. The van der Waals surface area contributed by atoms with Crippen molar-refractivity contribution in [2.24, 2.45) is 0 Å². The Morgan fingerprint density at radius 1 is 1.26 bits per heavy atom. The molecule has 6 nitrogen and oxygen atoms in total. The Morgan fingerprint density at radius 2 is 1.91 bits per heavy atom. The molecule has 1 heterocycles. The Morgan fingerprint density at radius 3 is 2.48 bits per heavy atom. The number of nitrogens with one attached hydrogen (secondary N) is 1. The molecule has 0 saturated carbocycles. The number of halogens is 1. The Balaban J connectivity index is 2.26. The normalized spacial score (nSPS) is 10.8. The van der Waals surface area contributed by atoms with Crippen LogP contribution in [-0.4, -0.2) is 26.8 Å². The lowest BCUT2D eigenvalue weighted by molar-refractivity contribution is -0.138. The van der Waals surface area contributed by atoms with E-state index < -0.39 is 5.97 Å². The van der Waals surface area contributed by atoms with Crippen molar-refractivity contribution < 1.29 is 14.7 Å². The second-order valence-electron chi connectivity index (χ2n) is 5.43. The molecule has 1 amide bonds. The summed E-state index contributed by atoms with van der Waals surface area (Å²) in [6.07, 6.45) is 1.30. The van der Waals surface area contributed by atoms with Gasteiger partial charge in [0.15, 0.2) is 0 Å². The highest BCUT2D eigenvalue weighted by Gasteiger charge is 2.17. The molecule has 0 aliphatic rings. The Kier molecular flexibility index (Phi) is 5.39. The van der Waals surface area contributed by atoms with Crippen molar-refractivity contribution in [3.63, 3.8) is 0 Å².